The van der Waals surface area contributed by atoms with Crippen molar-refractivity contribution in [3.05, 3.63) is 48.3 Å². The van der Waals surface area contributed by atoms with Gasteiger partial charge in [-0.25, -0.2) is 4.98 Å². The summed E-state index contributed by atoms with van der Waals surface area (Å²) in [6.45, 7) is 2.24. The van der Waals surface area contributed by atoms with Gasteiger partial charge in [-0.1, -0.05) is 18.2 Å². The molecule has 0 amide bonds. The number of fused-ring (bicyclic) bond motifs is 1. The maximum absolute atomic E-state index is 9.51. The summed E-state index contributed by atoms with van der Waals surface area (Å²) in [5, 5.41) is 17.4. The zero-order valence-corrected chi connectivity index (χ0v) is 12.5. The molecule has 0 aliphatic rings. The number of hydrogen-bond acceptors (Lipinski definition) is 4. The summed E-state index contributed by atoms with van der Waals surface area (Å²) in [5.74, 6) is 0. The topological polar surface area (TPSA) is 74.6 Å². The molecular weight excluding hydrogens is 276 g/mol. The molecule has 0 fully saturated rings. The van der Waals surface area contributed by atoms with Crippen LogP contribution in [0, 0.1) is 11.3 Å². The second-order valence-electron chi connectivity index (χ2n) is 5.45. The summed E-state index contributed by atoms with van der Waals surface area (Å²) in [5.41, 5.74) is 3.08. The highest BCUT2D eigenvalue weighted by atomic mass is 16.5. The summed E-state index contributed by atoms with van der Waals surface area (Å²) in [7, 11) is 1.61. The number of nitrogens with one attached hydrogen (secondary N) is 1. The Morgan fingerprint density at radius 2 is 2.23 bits per heavy atom. The van der Waals surface area contributed by atoms with E-state index >= 15 is 0 Å². The molecule has 0 bridgehead atoms. The van der Waals surface area contributed by atoms with Gasteiger partial charge in [-0.3, -0.25) is 5.10 Å². The lowest BCUT2D eigenvalue weighted by Gasteiger charge is -2.21. The van der Waals surface area contributed by atoms with E-state index in [-0.39, 0.29) is 0 Å². The number of pyridine rings is 1. The molecule has 2 aromatic heterocycles. The minimum absolute atomic E-state index is 0.352. The summed E-state index contributed by atoms with van der Waals surface area (Å²) >= 11 is 0. The second-order valence-corrected chi connectivity index (χ2v) is 5.45. The molecule has 3 rings (SSSR count). The molecular formula is C17H16N4O. The van der Waals surface area contributed by atoms with Gasteiger partial charge < -0.3 is 4.74 Å². The third-order valence-electron chi connectivity index (χ3n) is 3.84. The Balaban J connectivity index is 2.12. The first-order valence-corrected chi connectivity index (χ1v) is 6.97. The average molecular weight is 292 g/mol. The first kappa shape index (κ1) is 14.2. The number of H-pyrrole nitrogens is 1. The van der Waals surface area contributed by atoms with Crippen LogP contribution in [0.4, 0.5) is 0 Å². The number of rotatable bonds is 4. The fourth-order valence-corrected chi connectivity index (χ4v) is 2.60. The van der Waals surface area contributed by atoms with Crippen LogP contribution in [0.5, 0.6) is 0 Å². The molecule has 5 nitrogen and oxygen atoms in total. The van der Waals surface area contributed by atoms with Gasteiger partial charge in [0.1, 0.15) is 5.41 Å². The summed E-state index contributed by atoms with van der Waals surface area (Å²) in [4.78, 5) is 4.25. The van der Waals surface area contributed by atoms with E-state index in [1.165, 1.54) is 0 Å². The van der Waals surface area contributed by atoms with Gasteiger partial charge >= 0.3 is 0 Å². The van der Waals surface area contributed by atoms with Crippen molar-refractivity contribution < 1.29 is 4.74 Å². The number of nitriles is 1. The van der Waals surface area contributed by atoms with Gasteiger partial charge in [-0.2, -0.15) is 10.4 Å². The lowest BCUT2D eigenvalue weighted by Crippen LogP contribution is -2.25. The minimum Gasteiger partial charge on any atom is -0.383 e. The number of nitrogens with zero attached hydrogens (tertiary/aromatic N) is 3. The molecule has 0 spiro atoms. The SMILES string of the molecule is COCC(C)(C#N)c1cccc(-c2ccnc3[nH]ncc23)c1. The fraction of sp³-hybridized carbons (Fsp3) is 0.235. The van der Waals surface area contributed by atoms with Crippen molar-refractivity contribution in [1.82, 2.24) is 15.2 Å². The summed E-state index contributed by atoms with van der Waals surface area (Å²) < 4.78 is 5.21. The van der Waals surface area contributed by atoms with E-state index in [2.05, 4.69) is 21.3 Å². The third-order valence-corrected chi connectivity index (χ3v) is 3.84. The smallest absolute Gasteiger partial charge is 0.155 e. The molecule has 1 unspecified atom stereocenters. The molecule has 2 heterocycles. The van der Waals surface area contributed by atoms with Crippen molar-refractivity contribution >= 4 is 11.0 Å². The largest absolute Gasteiger partial charge is 0.383 e. The van der Waals surface area contributed by atoms with Gasteiger partial charge in [-0.05, 0) is 35.7 Å². The average Bonchev–Trinajstić information content (AvgIpc) is 3.03. The molecule has 3 aromatic rings. The van der Waals surface area contributed by atoms with Crippen molar-refractivity contribution in [2.45, 2.75) is 12.3 Å². The predicted molar refractivity (Wildman–Crippen MR) is 84.2 cm³/mol. The molecule has 0 aliphatic heterocycles. The minimum atomic E-state index is -0.673. The van der Waals surface area contributed by atoms with Gasteiger partial charge in [-0.15, -0.1) is 0 Å². The number of hydrogen-bond donors (Lipinski definition) is 1. The Morgan fingerprint density at radius 3 is 3.00 bits per heavy atom. The van der Waals surface area contributed by atoms with Crippen LogP contribution >= 0.6 is 0 Å². The lowest BCUT2D eigenvalue weighted by molar-refractivity contribution is 0.161. The predicted octanol–water partition coefficient (Wildman–Crippen LogP) is 3.05. The van der Waals surface area contributed by atoms with Crippen LogP contribution in [-0.2, 0) is 10.2 Å². The van der Waals surface area contributed by atoms with Crippen LogP contribution in [0.2, 0.25) is 0 Å². The van der Waals surface area contributed by atoms with Crippen LogP contribution in [0.25, 0.3) is 22.2 Å². The molecule has 5 heteroatoms. The van der Waals surface area contributed by atoms with Crippen molar-refractivity contribution in [3.63, 3.8) is 0 Å². The molecule has 0 aliphatic carbocycles. The Morgan fingerprint density at radius 1 is 1.36 bits per heavy atom. The second kappa shape index (κ2) is 5.58. The van der Waals surface area contributed by atoms with Crippen LogP contribution in [0.3, 0.4) is 0 Å². The van der Waals surface area contributed by atoms with E-state index in [9.17, 15) is 5.26 Å². The highest BCUT2D eigenvalue weighted by Crippen LogP contribution is 2.31. The zero-order chi connectivity index (χ0) is 15.6. The summed E-state index contributed by atoms with van der Waals surface area (Å²) in [6.07, 6.45) is 3.52. The van der Waals surface area contributed by atoms with E-state index < -0.39 is 5.41 Å². The molecule has 0 saturated heterocycles. The normalized spacial score (nSPS) is 13.7. The molecule has 22 heavy (non-hydrogen) atoms. The number of aromatic amines is 1. The van der Waals surface area contributed by atoms with Gasteiger partial charge in [0.05, 0.1) is 18.9 Å². The molecule has 0 saturated carbocycles. The molecule has 0 radical (unpaired) electrons. The Hall–Kier alpha value is -2.71. The van der Waals surface area contributed by atoms with Gasteiger partial charge in [0, 0.05) is 18.7 Å². The van der Waals surface area contributed by atoms with Crippen LogP contribution in [-0.4, -0.2) is 28.9 Å². The first-order chi connectivity index (χ1) is 10.7. The molecule has 110 valence electrons. The van der Waals surface area contributed by atoms with Crippen LogP contribution in [0.15, 0.2) is 42.7 Å². The van der Waals surface area contributed by atoms with Crippen LogP contribution in [0.1, 0.15) is 12.5 Å². The highest BCUT2D eigenvalue weighted by Gasteiger charge is 2.26. The van der Waals surface area contributed by atoms with Gasteiger partial charge in [0.25, 0.3) is 0 Å². The summed E-state index contributed by atoms with van der Waals surface area (Å²) in [6, 6.07) is 12.3. The Bertz CT molecular complexity index is 849. The van der Waals surface area contributed by atoms with Crippen LogP contribution < -0.4 is 0 Å². The van der Waals surface area contributed by atoms with Crippen molar-refractivity contribution in [1.29, 1.82) is 5.26 Å². The van der Waals surface area contributed by atoms with E-state index in [1.54, 1.807) is 19.5 Å². The first-order valence-electron chi connectivity index (χ1n) is 6.97. The van der Waals surface area contributed by atoms with Crippen molar-refractivity contribution in [2.75, 3.05) is 13.7 Å². The number of methoxy groups -OCH3 is 1. The van der Waals surface area contributed by atoms with E-state index in [0.717, 1.165) is 27.7 Å². The van der Waals surface area contributed by atoms with E-state index in [1.807, 2.05) is 37.3 Å². The number of aromatic nitrogens is 3. The van der Waals surface area contributed by atoms with E-state index in [4.69, 9.17) is 4.74 Å². The molecule has 1 N–H and O–H groups in total. The fourth-order valence-electron chi connectivity index (χ4n) is 2.60. The molecule has 1 atom stereocenters. The maximum Gasteiger partial charge on any atom is 0.155 e. The lowest BCUT2D eigenvalue weighted by atomic mass is 9.83. The Labute approximate surface area is 128 Å². The maximum atomic E-state index is 9.51. The molecule has 1 aromatic carbocycles. The van der Waals surface area contributed by atoms with Gasteiger partial charge in [0.15, 0.2) is 5.65 Å². The van der Waals surface area contributed by atoms with Crippen molar-refractivity contribution in [3.8, 4) is 17.2 Å². The Kier molecular flexibility index (Phi) is 3.61. The third kappa shape index (κ3) is 2.34. The highest BCUT2D eigenvalue weighted by molar-refractivity contribution is 5.92. The zero-order valence-electron chi connectivity index (χ0n) is 12.5. The monoisotopic (exact) mass is 292 g/mol. The number of benzene rings is 1. The van der Waals surface area contributed by atoms with Gasteiger partial charge in [0.2, 0.25) is 0 Å². The quantitative estimate of drug-likeness (QED) is 0.802. The number of ether oxygens (including phenoxy) is 1. The van der Waals surface area contributed by atoms with E-state index in [0.29, 0.717) is 6.61 Å². The van der Waals surface area contributed by atoms with Crippen molar-refractivity contribution in [2.24, 2.45) is 0 Å². The standard InChI is InChI=1S/C17H16N4O/c1-17(10-18,11-22-2)13-5-3-4-12(8-13)14-6-7-19-16-15(14)9-20-21-16/h3-9H,11H2,1-2H3,(H,19,20,21).